The van der Waals surface area contributed by atoms with Gasteiger partial charge in [0.05, 0.1) is 11.7 Å². The van der Waals surface area contributed by atoms with E-state index in [-0.39, 0.29) is 5.54 Å². The van der Waals surface area contributed by atoms with E-state index in [1.807, 2.05) is 6.07 Å². The number of ether oxygens (including phenoxy) is 1. The zero-order valence-electron chi connectivity index (χ0n) is 8.09. The van der Waals surface area contributed by atoms with E-state index >= 15 is 0 Å². The van der Waals surface area contributed by atoms with Crippen LogP contribution in [0.1, 0.15) is 13.3 Å². The van der Waals surface area contributed by atoms with Gasteiger partial charge in [0, 0.05) is 0 Å². The topological polar surface area (TPSA) is 34.1 Å². The van der Waals surface area contributed by atoms with Gasteiger partial charge in [0.25, 0.3) is 0 Å². The van der Waals surface area contributed by atoms with Crippen LogP contribution in [0.3, 0.4) is 0 Å². The molecular weight excluding hydrogens is 200 g/mol. The van der Waals surface area contributed by atoms with E-state index in [9.17, 15) is 0 Å². The first-order chi connectivity index (χ1) is 6.68. The van der Waals surface area contributed by atoms with Crippen LogP contribution in [0.15, 0.2) is 18.3 Å². The van der Waals surface area contributed by atoms with Gasteiger partial charge < -0.3 is 10.1 Å². The van der Waals surface area contributed by atoms with Crippen molar-refractivity contribution in [3.05, 3.63) is 23.5 Å². The van der Waals surface area contributed by atoms with Crippen molar-refractivity contribution in [2.75, 3.05) is 13.2 Å². The maximum absolute atomic E-state index is 5.66. The van der Waals surface area contributed by atoms with Gasteiger partial charge in [-0.25, -0.2) is 4.98 Å². The normalized spacial score (nSPS) is 25.6. The summed E-state index contributed by atoms with van der Waals surface area (Å²) in [5, 5.41) is 3.82. The highest BCUT2D eigenvalue weighted by molar-refractivity contribution is 6.29. The van der Waals surface area contributed by atoms with Crippen LogP contribution in [-0.4, -0.2) is 23.7 Å². The Balaban J connectivity index is 1.88. The zero-order chi connectivity index (χ0) is 10.0. The van der Waals surface area contributed by atoms with Gasteiger partial charge in [-0.1, -0.05) is 11.6 Å². The van der Waals surface area contributed by atoms with Crippen molar-refractivity contribution < 1.29 is 4.74 Å². The fourth-order valence-corrected chi connectivity index (χ4v) is 1.48. The molecule has 1 fully saturated rings. The van der Waals surface area contributed by atoms with Crippen molar-refractivity contribution >= 4 is 11.6 Å². The molecule has 0 saturated carbocycles. The third kappa shape index (κ3) is 2.16. The molecule has 1 unspecified atom stereocenters. The minimum atomic E-state index is 0.139. The number of aromatic nitrogens is 1. The number of hydrogen-bond acceptors (Lipinski definition) is 3. The van der Waals surface area contributed by atoms with Gasteiger partial charge in [-0.3, -0.25) is 0 Å². The summed E-state index contributed by atoms with van der Waals surface area (Å²) in [5.41, 5.74) is 0.139. The quantitative estimate of drug-likeness (QED) is 0.777. The number of nitrogens with one attached hydrogen (secondary N) is 1. The third-order valence-electron chi connectivity index (χ3n) is 2.49. The molecule has 2 rings (SSSR count). The Morgan fingerprint density at radius 1 is 1.64 bits per heavy atom. The van der Waals surface area contributed by atoms with Crippen molar-refractivity contribution in [1.29, 1.82) is 0 Å². The minimum Gasteiger partial charge on any atom is -0.490 e. The van der Waals surface area contributed by atoms with E-state index in [2.05, 4.69) is 17.2 Å². The van der Waals surface area contributed by atoms with Crippen molar-refractivity contribution in [2.45, 2.75) is 18.9 Å². The van der Waals surface area contributed by atoms with Gasteiger partial charge in [0.1, 0.15) is 17.5 Å². The molecule has 14 heavy (non-hydrogen) atoms. The van der Waals surface area contributed by atoms with E-state index in [1.54, 1.807) is 12.3 Å². The summed E-state index contributed by atoms with van der Waals surface area (Å²) in [6, 6.07) is 3.56. The summed E-state index contributed by atoms with van der Waals surface area (Å²) < 4.78 is 5.58. The Hall–Kier alpha value is -0.800. The second-order valence-electron chi connectivity index (χ2n) is 3.84. The molecule has 4 heteroatoms. The van der Waals surface area contributed by atoms with Crippen molar-refractivity contribution in [3.8, 4) is 5.75 Å². The lowest BCUT2D eigenvalue weighted by Gasteiger charge is -2.39. The molecule has 3 nitrogen and oxygen atoms in total. The van der Waals surface area contributed by atoms with Crippen LogP contribution < -0.4 is 10.1 Å². The SMILES string of the molecule is CC1(COc2ccc(Cl)nc2)CCN1. The van der Waals surface area contributed by atoms with Crippen LogP contribution >= 0.6 is 11.6 Å². The molecule has 1 aromatic rings. The first-order valence-corrected chi connectivity index (χ1v) is 5.05. The largest absolute Gasteiger partial charge is 0.490 e. The smallest absolute Gasteiger partial charge is 0.137 e. The van der Waals surface area contributed by atoms with Crippen molar-refractivity contribution in [3.63, 3.8) is 0 Å². The number of hydrogen-bond donors (Lipinski definition) is 1. The maximum atomic E-state index is 5.66. The van der Waals surface area contributed by atoms with E-state index in [4.69, 9.17) is 16.3 Å². The lowest BCUT2D eigenvalue weighted by Crippen LogP contribution is -2.58. The highest BCUT2D eigenvalue weighted by atomic mass is 35.5. The van der Waals surface area contributed by atoms with E-state index in [0.29, 0.717) is 11.8 Å². The molecule has 76 valence electrons. The summed E-state index contributed by atoms with van der Waals surface area (Å²) in [6.07, 6.45) is 2.80. The van der Waals surface area contributed by atoms with Gasteiger partial charge in [0.2, 0.25) is 0 Å². The van der Waals surface area contributed by atoms with Crippen molar-refractivity contribution in [2.24, 2.45) is 0 Å². The molecule has 1 aromatic heterocycles. The molecule has 0 spiro atoms. The fourth-order valence-electron chi connectivity index (χ4n) is 1.37. The highest BCUT2D eigenvalue weighted by Gasteiger charge is 2.31. The van der Waals surface area contributed by atoms with Crippen LogP contribution in [0.5, 0.6) is 5.75 Å². The Kier molecular flexibility index (Phi) is 2.61. The molecule has 1 saturated heterocycles. The van der Waals surface area contributed by atoms with E-state index < -0.39 is 0 Å². The van der Waals surface area contributed by atoms with Crippen LogP contribution in [0, 0.1) is 0 Å². The van der Waals surface area contributed by atoms with Gasteiger partial charge in [-0.05, 0) is 32.0 Å². The average molecular weight is 213 g/mol. The summed E-state index contributed by atoms with van der Waals surface area (Å²) in [4.78, 5) is 3.94. The lowest BCUT2D eigenvalue weighted by molar-refractivity contribution is 0.132. The highest BCUT2D eigenvalue weighted by Crippen LogP contribution is 2.20. The molecule has 0 aliphatic carbocycles. The average Bonchev–Trinajstić information content (AvgIpc) is 2.14. The molecule has 1 aliphatic heterocycles. The first kappa shape index (κ1) is 9.74. The van der Waals surface area contributed by atoms with Gasteiger partial charge in [-0.2, -0.15) is 0 Å². The predicted octanol–water partition coefficient (Wildman–Crippen LogP) is 1.87. The summed E-state index contributed by atoms with van der Waals surface area (Å²) in [5.74, 6) is 0.768. The van der Waals surface area contributed by atoms with Gasteiger partial charge in [-0.15, -0.1) is 0 Å². The molecule has 0 radical (unpaired) electrons. The Morgan fingerprint density at radius 2 is 2.43 bits per heavy atom. The zero-order valence-corrected chi connectivity index (χ0v) is 8.84. The first-order valence-electron chi connectivity index (χ1n) is 4.67. The molecule has 2 heterocycles. The maximum Gasteiger partial charge on any atom is 0.137 e. The molecule has 0 aromatic carbocycles. The molecule has 1 aliphatic rings. The summed E-state index contributed by atoms with van der Waals surface area (Å²) in [6.45, 7) is 3.91. The molecule has 1 atom stereocenters. The lowest BCUT2D eigenvalue weighted by atomic mass is 9.91. The van der Waals surface area contributed by atoms with Crippen LogP contribution in [0.25, 0.3) is 0 Å². The van der Waals surface area contributed by atoms with Crippen LogP contribution in [0.4, 0.5) is 0 Å². The van der Waals surface area contributed by atoms with Gasteiger partial charge >= 0.3 is 0 Å². The number of pyridine rings is 1. The molecule has 0 amide bonds. The molecule has 1 N–H and O–H groups in total. The Morgan fingerprint density at radius 3 is 2.93 bits per heavy atom. The van der Waals surface area contributed by atoms with Crippen LogP contribution in [-0.2, 0) is 0 Å². The van der Waals surface area contributed by atoms with Gasteiger partial charge in [0.15, 0.2) is 0 Å². The predicted molar refractivity (Wildman–Crippen MR) is 55.8 cm³/mol. The summed E-state index contributed by atoms with van der Waals surface area (Å²) >= 11 is 5.66. The van der Waals surface area contributed by atoms with E-state index in [1.165, 1.54) is 0 Å². The number of rotatable bonds is 3. The van der Waals surface area contributed by atoms with Crippen molar-refractivity contribution in [1.82, 2.24) is 10.3 Å². The number of halogens is 1. The fraction of sp³-hybridized carbons (Fsp3) is 0.500. The monoisotopic (exact) mass is 212 g/mol. The molecule has 0 bridgehead atoms. The number of nitrogens with zero attached hydrogens (tertiary/aromatic N) is 1. The minimum absolute atomic E-state index is 0.139. The standard InChI is InChI=1S/C10H13ClN2O/c1-10(4-5-13-10)7-14-8-2-3-9(11)12-6-8/h2-3,6,13H,4-5,7H2,1H3. The third-order valence-corrected chi connectivity index (χ3v) is 2.71. The van der Waals surface area contributed by atoms with E-state index in [0.717, 1.165) is 18.7 Å². The second-order valence-corrected chi connectivity index (χ2v) is 4.23. The van der Waals surface area contributed by atoms with Crippen LogP contribution in [0.2, 0.25) is 5.15 Å². The summed E-state index contributed by atoms with van der Waals surface area (Å²) in [7, 11) is 0. The second kappa shape index (κ2) is 3.75. The Bertz CT molecular complexity index is 308. The molecular formula is C10H13ClN2O. The Labute approximate surface area is 88.4 Å².